The van der Waals surface area contributed by atoms with E-state index in [1.807, 2.05) is 6.92 Å². The number of hydrogen-bond donors (Lipinski definition) is 2. The largest absolute Gasteiger partial charge is 0.494 e. The van der Waals surface area contributed by atoms with Crippen LogP contribution in [0.2, 0.25) is 5.02 Å². The molecule has 1 aromatic carbocycles. The lowest BCUT2D eigenvalue weighted by atomic mass is 10.2. The van der Waals surface area contributed by atoms with Gasteiger partial charge in [0.15, 0.2) is 5.82 Å². The molecule has 0 bridgehead atoms. The predicted octanol–water partition coefficient (Wildman–Crippen LogP) is 2.39. The van der Waals surface area contributed by atoms with Gasteiger partial charge in [0.2, 0.25) is 11.9 Å². The van der Waals surface area contributed by atoms with E-state index in [4.69, 9.17) is 21.1 Å². The van der Waals surface area contributed by atoms with Gasteiger partial charge in [-0.05, 0) is 25.5 Å². The first-order chi connectivity index (χ1) is 16.4. The van der Waals surface area contributed by atoms with Gasteiger partial charge in [-0.25, -0.2) is 14.2 Å². The fraction of sp³-hybridized carbons (Fsp3) is 0.381. The van der Waals surface area contributed by atoms with E-state index in [0.717, 1.165) is 0 Å². The summed E-state index contributed by atoms with van der Waals surface area (Å²) < 4.78 is 28.9. The number of nitrogens with zero attached hydrogens (tertiary/aromatic N) is 5. The molecule has 0 spiro atoms. The van der Waals surface area contributed by atoms with Crippen LogP contribution in [-0.2, 0) is 22.2 Å². The minimum atomic E-state index is -1.57. The lowest BCUT2D eigenvalue weighted by Gasteiger charge is -2.20. The van der Waals surface area contributed by atoms with Crippen LogP contribution in [0.1, 0.15) is 37.5 Å². The van der Waals surface area contributed by atoms with Crippen molar-refractivity contribution in [3.8, 4) is 17.2 Å². The molecule has 0 radical (unpaired) electrons. The number of benzene rings is 1. The van der Waals surface area contributed by atoms with Crippen molar-refractivity contribution in [1.29, 1.82) is 0 Å². The van der Waals surface area contributed by atoms with Crippen molar-refractivity contribution in [2.75, 3.05) is 18.9 Å². The quantitative estimate of drug-likeness (QED) is 0.453. The standard InChI is InChI=1S/C21H24ClN7O4S/c1-12(9-17-23-10-13(22)11-24-17)34(31)28-21-27-26-20(14-7-8-18(30)25-14)29(21)19-15(32-2)5-4-6-16(19)33-3/h4-6,10-12,14H,7-9H2,1-3H3,(H,25,30)(H,27,28). The molecule has 1 fully saturated rings. The molecule has 3 aromatic rings. The molecule has 3 unspecified atom stereocenters. The third kappa shape index (κ3) is 4.97. The van der Waals surface area contributed by atoms with E-state index in [-0.39, 0.29) is 23.1 Å². The monoisotopic (exact) mass is 505 g/mol. The average Bonchev–Trinajstić information content (AvgIpc) is 3.45. The number of carbonyl (C=O) groups is 1. The summed E-state index contributed by atoms with van der Waals surface area (Å²) in [4.78, 5) is 20.2. The number of anilines is 1. The Balaban J connectivity index is 1.69. The van der Waals surface area contributed by atoms with Crippen molar-refractivity contribution >= 4 is 34.4 Å². The first kappa shape index (κ1) is 23.9. The van der Waals surface area contributed by atoms with Gasteiger partial charge in [0.1, 0.15) is 34.0 Å². The molecule has 2 N–H and O–H groups in total. The molecule has 4 rings (SSSR count). The molecular weight excluding hydrogens is 482 g/mol. The van der Waals surface area contributed by atoms with Crippen LogP contribution < -0.4 is 19.5 Å². The molecule has 34 heavy (non-hydrogen) atoms. The fourth-order valence-electron chi connectivity index (χ4n) is 3.64. The highest BCUT2D eigenvalue weighted by Crippen LogP contribution is 2.37. The number of methoxy groups -OCH3 is 2. The van der Waals surface area contributed by atoms with Crippen LogP contribution in [0.5, 0.6) is 11.5 Å². The van der Waals surface area contributed by atoms with Gasteiger partial charge in [0.05, 0.1) is 30.5 Å². The summed E-state index contributed by atoms with van der Waals surface area (Å²) in [5.41, 5.74) is 0.529. The second-order valence-electron chi connectivity index (χ2n) is 7.62. The van der Waals surface area contributed by atoms with Crippen molar-refractivity contribution in [3.63, 3.8) is 0 Å². The minimum absolute atomic E-state index is 0.0683. The minimum Gasteiger partial charge on any atom is -0.494 e. The zero-order valence-electron chi connectivity index (χ0n) is 18.8. The van der Waals surface area contributed by atoms with Gasteiger partial charge in [-0.1, -0.05) is 17.7 Å². The van der Waals surface area contributed by atoms with E-state index in [0.29, 0.717) is 53.1 Å². The van der Waals surface area contributed by atoms with Crippen LogP contribution in [-0.4, -0.2) is 54.3 Å². The number of halogens is 1. The lowest BCUT2D eigenvalue weighted by molar-refractivity contribution is -0.119. The fourth-order valence-corrected chi connectivity index (χ4v) is 4.55. The molecule has 11 nitrogen and oxygen atoms in total. The van der Waals surface area contributed by atoms with Crippen LogP contribution in [0.3, 0.4) is 0 Å². The number of carbonyl (C=O) groups excluding carboxylic acids is 1. The van der Waals surface area contributed by atoms with E-state index in [9.17, 15) is 9.00 Å². The Kier molecular flexibility index (Phi) is 7.27. The molecule has 3 atom stereocenters. The van der Waals surface area contributed by atoms with E-state index in [2.05, 4.69) is 30.2 Å². The summed E-state index contributed by atoms with van der Waals surface area (Å²) in [6.45, 7) is 1.81. The highest BCUT2D eigenvalue weighted by Gasteiger charge is 2.31. The van der Waals surface area contributed by atoms with Gasteiger partial charge in [-0.15, -0.1) is 10.2 Å². The third-order valence-electron chi connectivity index (χ3n) is 5.32. The van der Waals surface area contributed by atoms with E-state index in [1.165, 1.54) is 12.4 Å². The number of aromatic nitrogens is 5. The third-order valence-corrected chi connectivity index (χ3v) is 6.80. The number of amides is 1. The van der Waals surface area contributed by atoms with Gasteiger partial charge < -0.3 is 14.8 Å². The van der Waals surface area contributed by atoms with Crippen molar-refractivity contribution in [2.45, 2.75) is 37.5 Å². The summed E-state index contributed by atoms with van der Waals surface area (Å²) in [6.07, 6.45) is 4.29. The average molecular weight is 506 g/mol. The molecule has 1 saturated heterocycles. The first-order valence-corrected chi connectivity index (χ1v) is 12.1. The Morgan fingerprint density at radius 2 is 1.91 bits per heavy atom. The zero-order chi connectivity index (χ0) is 24.2. The van der Waals surface area contributed by atoms with Crippen LogP contribution in [0, 0.1) is 0 Å². The molecule has 180 valence electrons. The van der Waals surface area contributed by atoms with E-state index < -0.39 is 11.0 Å². The molecule has 3 heterocycles. The Bertz CT molecular complexity index is 1180. The smallest absolute Gasteiger partial charge is 0.241 e. The maximum atomic E-state index is 13.2. The van der Waals surface area contributed by atoms with E-state index >= 15 is 0 Å². The second-order valence-corrected chi connectivity index (χ2v) is 9.66. The second kappa shape index (κ2) is 10.3. The molecular formula is C21H24ClN7O4S. The van der Waals surface area contributed by atoms with Crippen LogP contribution in [0.15, 0.2) is 30.6 Å². The topological polar surface area (TPSA) is 133 Å². The van der Waals surface area contributed by atoms with Gasteiger partial charge >= 0.3 is 0 Å². The highest BCUT2D eigenvalue weighted by molar-refractivity contribution is 7.86. The summed E-state index contributed by atoms with van der Waals surface area (Å²) >= 11 is 5.85. The van der Waals surface area contributed by atoms with Gasteiger partial charge in [-0.2, -0.15) is 0 Å². The summed E-state index contributed by atoms with van der Waals surface area (Å²) in [5.74, 6) is 2.15. The molecule has 1 amide bonds. The number of rotatable bonds is 9. The molecule has 2 aromatic heterocycles. The molecule has 0 aliphatic carbocycles. The molecule has 0 saturated carbocycles. The van der Waals surface area contributed by atoms with Crippen molar-refractivity contribution in [1.82, 2.24) is 30.0 Å². The van der Waals surface area contributed by atoms with Crippen molar-refractivity contribution in [2.24, 2.45) is 0 Å². The Labute approximate surface area is 203 Å². The lowest BCUT2D eigenvalue weighted by Crippen LogP contribution is -2.25. The van der Waals surface area contributed by atoms with Gasteiger partial charge in [0, 0.05) is 25.2 Å². The summed E-state index contributed by atoms with van der Waals surface area (Å²) in [7, 11) is 1.51. The highest BCUT2D eigenvalue weighted by atomic mass is 35.5. The molecule has 1 aliphatic rings. The van der Waals surface area contributed by atoms with Crippen molar-refractivity contribution < 1.29 is 18.5 Å². The maximum absolute atomic E-state index is 13.2. The number of nitrogens with one attached hydrogen (secondary N) is 2. The summed E-state index contributed by atoms with van der Waals surface area (Å²) in [6, 6.07) is 4.98. The Morgan fingerprint density at radius 3 is 2.50 bits per heavy atom. The molecule has 1 aliphatic heterocycles. The van der Waals surface area contributed by atoms with Gasteiger partial charge in [-0.3, -0.25) is 14.1 Å². The van der Waals surface area contributed by atoms with Crippen LogP contribution in [0.4, 0.5) is 5.95 Å². The normalized spacial score (nSPS) is 17.2. The predicted molar refractivity (Wildman–Crippen MR) is 127 cm³/mol. The number of hydrogen-bond acceptors (Lipinski definition) is 8. The first-order valence-electron chi connectivity index (χ1n) is 10.5. The number of ether oxygens (including phenoxy) is 2. The Morgan fingerprint density at radius 1 is 1.24 bits per heavy atom. The van der Waals surface area contributed by atoms with Crippen LogP contribution >= 0.6 is 11.6 Å². The maximum Gasteiger partial charge on any atom is 0.241 e. The zero-order valence-corrected chi connectivity index (χ0v) is 20.4. The molecule has 13 heteroatoms. The van der Waals surface area contributed by atoms with Crippen molar-refractivity contribution in [3.05, 3.63) is 47.3 Å². The summed E-state index contributed by atoms with van der Waals surface area (Å²) in [5, 5.41) is 11.5. The Hall–Kier alpha value is -3.25. The van der Waals surface area contributed by atoms with Gasteiger partial charge in [0.25, 0.3) is 0 Å². The number of para-hydroxylation sites is 1. The SMILES string of the molecule is COc1cccc(OC)c1-n1c(NS(=O)C(C)Cc2ncc(Cl)cn2)nnc1C1CCC(=O)N1. The van der Waals surface area contributed by atoms with Crippen LogP contribution in [0.25, 0.3) is 5.69 Å². The van der Waals surface area contributed by atoms with E-state index in [1.54, 1.807) is 37.0 Å².